The molecule has 2 nitrogen and oxygen atoms in total. The summed E-state index contributed by atoms with van der Waals surface area (Å²) in [6.45, 7) is 4.02. The van der Waals surface area contributed by atoms with Gasteiger partial charge in [0, 0.05) is 5.02 Å². The lowest BCUT2D eigenvalue weighted by Gasteiger charge is -2.16. The molecule has 0 aliphatic carbocycles. The highest BCUT2D eigenvalue weighted by Gasteiger charge is 2.16. The van der Waals surface area contributed by atoms with E-state index in [4.69, 9.17) is 11.6 Å². The highest BCUT2D eigenvalue weighted by atomic mass is 79.9. The van der Waals surface area contributed by atoms with Gasteiger partial charge in [0.2, 0.25) is 5.91 Å². The van der Waals surface area contributed by atoms with Crippen molar-refractivity contribution in [2.45, 2.75) is 37.6 Å². The lowest BCUT2D eigenvalue weighted by molar-refractivity contribution is -0.121. The summed E-state index contributed by atoms with van der Waals surface area (Å²) in [7, 11) is 0. The summed E-state index contributed by atoms with van der Waals surface area (Å²) in [5.74, 6) is 0.0364. The third-order valence-corrected chi connectivity index (χ3v) is 3.68. The minimum Gasteiger partial charge on any atom is -0.349 e. The zero-order valence-electron chi connectivity index (χ0n) is 10.0. The van der Waals surface area contributed by atoms with E-state index in [1.54, 1.807) is 0 Å². The number of benzene rings is 1. The summed E-state index contributed by atoms with van der Waals surface area (Å²) >= 11 is 9.20. The van der Waals surface area contributed by atoms with Crippen LogP contribution in [0.25, 0.3) is 0 Å². The zero-order chi connectivity index (χ0) is 12.8. The van der Waals surface area contributed by atoms with E-state index < -0.39 is 0 Å². The maximum atomic E-state index is 11.8. The number of amides is 1. The van der Waals surface area contributed by atoms with Gasteiger partial charge in [-0.3, -0.25) is 4.79 Å². The first-order valence-corrected chi connectivity index (χ1v) is 7.04. The van der Waals surface area contributed by atoms with Crippen LogP contribution in [-0.2, 0) is 4.79 Å². The van der Waals surface area contributed by atoms with Crippen molar-refractivity contribution in [3.63, 3.8) is 0 Å². The molecule has 17 heavy (non-hydrogen) atoms. The van der Waals surface area contributed by atoms with E-state index in [1.807, 2.05) is 31.2 Å². The summed E-state index contributed by atoms with van der Waals surface area (Å²) in [6.07, 6.45) is 1.83. The third-order valence-electron chi connectivity index (χ3n) is 2.56. The van der Waals surface area contributed by atoms with Gasteiger partial charge in [-0.2, -0.15) is 0 Å². The molecule has 0 aromatic heterocycles. The summed E-state index contributed by atoms with van der Waals surface area (Å²) in [5, 5.41) is 3.68. The molecule has 0 radical (unpaired) electrons. The molecule has 0 saturated carbocycles. The SMILES string of the molecule is CCCC(Br)C(=O)NC(C)c1ccc(Cl)cc1. The number of hydrogen-bond acceptors (Lipinski definition) is 1. The lowest BCUT2D eigenvalue weighted by atomic mass is 10.1. The van der Waals surface area contributed by atoms with Gasteiger partial charge in [-0.1, -0.05) is 53.0 Å². The van der Waals surface area contributed by atoms with Crippen LogP contribution in [0.2, 0.25) is 5.02 Å². The Balaban J connectivity index is 2.57. The number of nitrogens with one attached hydrogen (secondary N) is 1. The van der Waals surface area contributed by atoms with Gasteiger partial charge < -0.3 is 5.32 Å². The van der Waals surface area contributed by atoms with Crippen LogP contribution in [0, 0.1) is 0 Å². The van der Waals surface area contributed by atoms with E-state index >= 15 is 0 Å². The van der Waals surface area contributed by atoms with Crippen molar-refractivity contribution < 1.29 is 4.79 Å². The van der Waals surface area contributed by atoms with Crippen LogP contribution < -0.4 is 5.32 Å². The van der Waals surface area contributed by atoms with Crippen molar-refractivity contribution in [3.05, 3.63) is 34.9 Å². The fourth-order valence-corrected chi connectivity index (χ4v) is 2.24. The Morgan fingerprint density at radius 1 is 1.41 bits per heavy atom. The zero-order valence-corrected chi connectivity index (χ0v) is 12.4. The Morgan fingerprint density at radius 3 is 2.53 bits per heavy atom. The summed E-state index contributed by atoms with van der Waals surface area (Å²) in [4.78, 5) is 11.7. The fourth-order valence-electron chi connectivity index (χ4n) is 1.52. The van der Waals surface area contributed by atoms with Crippen LogP contribution in [0.1, 0.15) is 38.3 Å². The molecule has 1 aromatic carbocycles. The molecule has 2 unspecified atom stereocenters. The van der Waals surface area contributed by atoms with E-state index in [0.29, 0.717) is 5.02 Å². The second-order valence-corrected chi connectivity index (χ2v) is 5.58. The second-order valence-electron chi connectivity index (χ2n) is 4.04. The largest absolute Gasteiger partial charge is 0.349 e. The molecule has 2 atom stereocenters. The van der Waals surface area contributed by atoms with Crippen LogP contribution in [0.4, 0.5) is 0 Å². The molecule has 0 aliphatic heterocycles. The molecule has 1 aromatic rings. The van der Waals surface area contributed by atoms with E-state index in [2.05, 4.69) is 28.2 Å². The van der Waals surface area contributed by atoms with Crippen molar-refractivity contribution in [3.8, 4) is 0 Å². The number of carbonyl (C=O) groups excluding carboxylic acids is 1. The van der Waals surface area contributed by atoms with Crippen LogP contribution >= 0.6 is 27.5 Å². The predicted molar refractivity (Wildman–Crippen MR) is 75.6 cm³/mol. The molecule has 0 saturated heterocycles. The normalized spacial score (nSPS) is 14.1. The Labute approximate surface area is 116 Å². The van der Waals surface area contributed by atoms with Gasteiger partial charge in [0.25, 0.3) is 0 Å². The van der Waals surface area contributed by atoms with Gasteiger partial charge in [0.15, 0.2) is 0 Å². The molecular weight excluding hydrogens is 302 g/mol. The molecule has 4 heteroatoms. The van der Waals surface area contributed by atoms with Crippen molar-refractivity contribution in [2.75, 3.05) is 0 Å². The van der Waals surface area contributed by atoms with Crippen molar-refractivity contribution in [1.29, 1.82) is 0 Å². The van der Waals surface area contributed by atoms with E-state index in [0.717, 1.165) is 18.4 Å². The van der Waals surface area contributed by atoms with Gasteiger partial charge in [-0.15, -0.1) is 0 Å². The molecule has 0 aliphatic rings. The lowest BCUT2D eigenvalue weighted by Crippen LogP contribution is -2.33. The van der Waals surface area contributed by atoms with Crippen LogP contribution in [0.5, 0.6) is 0 Å². The highest BCUT2D eigenvalue weighted by Crippen LogP contribution is 2.17. The maximum Gasteiger partial charge on any atom is 0.234 e. The van der Waals surface area contributed by atoms with Crippen LogP contribution in [-0.4, -0.2) is 10.7 Å². The predicted octanol–water partition coefficient (Wildman–Crippen LogP) is 4.08. The molecular formula is C13H17BrClNO. The molecule has 0 fully saturated rings. The second kappa shape index (κ2) is 7.02. The van der Waals surface area contributed by atoms with E-state index in [-0.39, 0.29) is 16.8 Å². The average molecular weight is 319 g/mol. The minimum absolute atomic E-state index is 0.00308. The molecule has 0 bridgehead atoms. The Kier molecular flexibility index (Phi) is 6.00. The average Bonchev–Trinajstić information content (AvgIpc) is 2.30. The minimum atomic E-state index is -0.109. The van der Waals surface area contributed by atoms with E-state index in [1.165, 1.54) is 0 Å². The van der Waals surface area contributed by atoms with Crippen molar-refractivity contribution >= 4 is 33.4 Å². The number of alkyl halides is 1. The van der Waals surface area contributed by atoms with Crippen LogP contribution in [0.15, 0.2) is 24.3 Å². The third kappa shape index (κ3) is 4.68. The number of rotatable bonds is 5. The van der Waals surface area contributed by atoms with Crippen LogP contribution in [0.3, 0.4) is 0 Å². The molecule has 1 amide bonds. The monoisotopic (exact) mass is 317 g/mol. The van der Waals surface area contributed by atoms with Gasteiger partial charge in [-0.25, -0.2) is 0 Å². The number of halogens is 2. The summed E-state index contributed by atoms with van der Waals surface area (Å²) in [6, 6.07) is 7.51. The van der Waals surface area contributed by atoms with Gasteiger partial charge in [0.1, 0.15) is 0 Å². The quantitative estimate of drug-likeness (QED) is 0.814. The van der Waals surface area contributed by atoms with Gasteiger partial charge in [0.05, 0.1) is 10.9 Å². The van der Waals surface area contributed by atoms with Crippen molar-refractivity contribution in [1.82, 2.24) is 5.32 Å². The summed E-state index contributed by atoms with van der Waals surface area (Å²) < 4.78 is 0. The Bertz CT molecular complexity index is 366. The first kappa shape index (κ1) is 14.5. The van der Waals surface area contributed by atoms with Gasteiger partial charge in [-0.05, 0) is 31.0 Å². The van der Waals surface area contributed by atoms with Gasteiger partial charge >= 0.3 is 0 Å². The van der Waals surface area contributed by atoms with Crippen molar-refractivity contribution in [2.24, 2.45) is 0 Å². The standard InChI is InChI=1S/C13H17BrClNO/c1-3-4-12(14)13(17)16-9(2)10-5-7-11(15)8-6-10/h5-9,12H,3-4H2,1-2H3,(H,16,17). The number of hydrogen-bond donors (Lipinski definition) is 1. The molecule has 0 heterocycles. The Hall–Kier alpha value is -0.540. The fraction of sp³-hybridized carbons (Fsp3) is 0.462. The first-order chi connectivity index (χ1) is 8.04. The molecule has 1 N–H and O–H groups in total. The molecule has 1 rings (SSSR count). The molecule has 94 valence electrons. The Morgan fingerprint density at radius 2 is 2.00 bits per heavy atom. The maximum absolute atomic E-state index is 11.8. The summed E-state index contributed by atoms with van der Waals surface area (Å²) in [5.41, 5.74) is 1.05. The first-order valence-electron chi connectivity index (χ1n) is 5.74. The van der Waals surface area contributed by atoms with E-state index in [9.17, 15) is 4.79 Å². The number of carbonyl (C=O) groups is 1. The smallest absolute Gasteiger partial charge is 0.234 e. The molecule has 0 spiro atoms. The highest BCUT2D eigenvalue weighted by molar-refractivity contribution is 9.10. The topological polar surface area (TPSA) is 29.1 Å².